The van der Waals surface area contributed by atoms with Gasteiger partial charge < -0.3 is 9.47 Å². The van der Waals surface area contributed by atoms with Gasteiger partial charge in [0.2, 0.25) is 0 Å². The Morgan fingerprint density at radius 2 is 0.700 bits per heavy atom. The number of alkyl halides is 6. The van der Waals surface area contributed by atoms with Crippen LogP contribution in [-0.4, -0.2) is 19.9 Å². The summed E-state index contributed by atoms with van der Waals surface area (Å²) in [5.41, 5.74) is 1.38. The number of ether oxygens (including phenoxy) is 2. The second-order valence-electron chi connectivity index (χ2n) is 10.6. The van der Waals surface area contributed by atoms with Crippen LogP contribution in [0.25, 0.3) is 43.7 Å². The summed E-state index contributed by atoms with van der Waals surface area (Å²) in [6.07, 6.45) is -3.45. The lowest BCUT2D eigenvalue weighted by molar-refractivity contribution is -0.134. The van der Waals surface area contributed by atoms with Crippen molar-refractivity contribution in [2.45, 2.75) is 12.4 Å². The Morgan fingerprint density at radius 1 is 0.400 bits per heavy atom. The highest BCUT2D eigenvalue weighted by Gasteiger charge is 2.38. The van der Waals surface area contributed by atoms with Crippen molar-refractivity contribution in [1.82, 2.24) is 19.9 Å². The molecular weight excluding hydrogens is 699 g/mol. The molecule has 3 aromatic carbocycles. The molecule has 50 heavy (non-hydrogen) atoms. The van der Waals surface area contributed by atoms with Crippen LogP contribution in [0.1, 0.15) is 9.75 Å². The summed E-state index contributed by atoms with van der Waals surface area (Å²) in [4.78, 5) is 14.7. The fourth-order valence-electron chi connectivity index (χ4n) is 4.86. The average molecular weight is 719 g/mol. The van der Waals surface area contributed by atoms with Crippen molar-refractivity contribution < 1.29 is 35.8 Å². The second kappa shape index (κ2) is 13.4. The normalized spacial score (nSPS) is 11.8. The summed E-state index contributed by atoms with van der Waals surface area (Å²) in [5.74, 6) is 1.90. The van der Waals surface area contributed by atoms with Crippen LogP contribution in [0.4, 0.5) is 26.3 Å². The highest BCUT2D eigenvalue weighted by atomic mass is 32.1. The molecule has 0 amide bonds. The van der Waals surface area contributed by atoms with Gasteiger partial charge in [-0.2, -0.15) is 26.3 Å². The van der Waals surface area contributed by atoms with Crippen LogP contribution in [0.3, 0.4) is 0 Å². The SMILES string of the molecule is FC(F)(F)c1sc(-c2ccc(Oc3ccc(Oc4ccc(-c5nc(-c6ccncc6)c(C(F)(F)F)s5)cc4)cc3)cc2)nc1-c1ccncc1. The van der Waals surface area contributed by atoms with Crippen molar-refractivity contribution in [2.75, 3.05) is 0 Å². The zero-order valence-corrected chi connectivity index (χ0v) is 26.9. The van der Waals surface area contributed by atoms with E-state index in [2.05, 4.69) is 19.9 Å². The van der Waals surface area contributed by atoms with E-state index in [-0.39, 0.29) is 21.4 Å². The van der Waals surface area contributed by atoms with Crippen LogP contribution in [0, 0.1) is 0 Å². The van der Waals surface area contributed by atoms with Gasteiger partial charge in [0.25, 0.3) is 0 Å². The van der Waals surface area contributed by atoms with E-state index in [1.54, 1.807) is 72.8 Å². The third-order valence-corrected chi connectivity index (χ3v) is 9.47. The number of benzene rings is 3. The predicted octanol–water partition coefficient (Wildman–Crippen LogP) is 11.7. The van der Waals surface area contributed by atoms with Gasteiger partial charge >= 0.3 is 12.4 Å². The van der Waals surface area contributed by atoms with Gasteiger partial charge in [-0.25, -0.2) is 9.97 Å². The molecule has 0 aliphatic heterocycles. The number of aromatic nitrogens is 4. The molecule has 14 heteroatoms. The van der Waals surface area contributed by atoms with Crippen molar-refractivity contribution in [3.05, 3.63) is 132 Å². The number of thiazole rings is 2. The maximum absolute atomic E-state index is 13.8. The summed E-state index contributed by atoms with van der Waals surface area (Å²) in [6, 6.07) is 25.8. The number of hydrogen-bond donors (Lipinski definition) is 0. The fraction of sp³-hybridized carbons (Fsp3) is 0.0556. The largest absolute Gasteiger partial charge is 0.457 e. The number of halogens is 6. The molecular formula is C36H20F6N4O2S2. The quantitative estimate of drug-likeness (QED) is 0.146. The van der Waals surface area contributed by atoms with E-state index in [1.807, 2.05) is 0 Å². The molecule has 0 spiro atoms. The molecule has 0 saturated heterocycles. The average Bonchev–Trinajstić information content (AvgIpc) is 3.78. The lowest BCUT2D eigenvalue weighted by Crippen LogP contribution is -2.03. The Labute approximate surface area is 288 Å². The summed E-state index contributed by atoms with van der Waals surface area (Å²) in [7, 11) is 0. The third kappa shape index (κ3) is 7.21. The van der Waals surface area contributed by atoms with E-state index in [1.165, 1.54) is 49.1 Å². The summed E-state index contributed by atoms with van der Waals surface area (Å²) < 4.78 is 94.5. The van der Waals surface area contributed by atoms with E-state index in [0.29, 0.717) is 67.9 Å². The van der Waals surface area contributed by atoms with Crippen LogP contribution in [0.5, 0.6) is 23.0 Å². The number of pyridine rings is 2. The number of hydrogen-bond acceptors (Lipinski definition) is 8. The number of nitrogens with zero attached hydrogens (tertiary/aromatic N) is 4. The maximum atomic E-state index is 13.8. The topological polar surface area (TPSA) is 70.0 Å². The van der Waals surface area contributed by atoms with E-state index in [0.717, 1.165) is 0 Å². The first-order valence-electron chi connectivity index (χ1n) is 14.6. The predicted molar refractivity (Wildman–Crippen MR) is 178 cm³/mol. The minimum Gasteiger partial charge on any atom is -0.457 e. The molecule has 0 radical (unpaired) electrons. The Bertz CT molecular complexity index is 2060. The third-order valence-electron chi connectivity index (χ3n) is 7.17. The lowest BCUT2D eigenvalue weighted by atomic mass is 10.1. The van der Waals surface area contributed by atoms with E-state index in [9.17, 15) is 26.3 Å². The Hall–Kier alpha value is -5.60. The van der Waals surface area contributed by atoms with Gasteiger partial charge in [0.1, 0.15) is 42.8 Å². The first-order chi connectivity index (χ1) is 24.0. The Kier molecular flexibility index (Phi) is 8.80. The monoisotopic (exact) mass is 718 g/mol. The minimum absolute atomic E-state index is 0.145. The first kappa shape index (κ1) is 32.9. The Morgan fingerprint density at radius 3 is 1.00 bits per heavy atom. The highest BCUT2D eigenvalue weighted by molar-refractivity contribution is 7.16. The van der Waals surface area contributed by atoms with Crippen molar-refractivity contribution in [3.63, 3.8) is 0 Å². The minimum atomic E-state index is -4.56. The summed E-state index contributed by atoms with van der Waals surface area (Å²) in [6.45, 7) is 0. The molecule has 0 aliphatic rings. The molecule has 0 saturated carbocycles. The van der Waals surface area contributed by atoms with Crippen LogP contribution in [0.15, 0.2) is 122 Å². The van der Waals surface area contributed by atoms with Crippen molar-refractivity contribution in [1.29, 1.82) is 0 Å². The molecule has 250 valence electrons. The molecule has 7 rings (SSSR count). The zero-order valence-electron chi connectivity index (χ0n) is 25.2. The van der Waals surface area contributed by atoms with Crippen LogP contribution in [-0.2, 0) is 12.4 Å². The first-order valence-corrected chi connectivity index (χ1v) is 16.3. The van der Waals surface area contributed by atoms with Gasteiger partial charge in [-0.05, 0) is 97.1 Å². The maximum Gasteiger partial charge on any atom is 0.427 e. The van der Waals surface area contributed by atoms with Gasteiger partial charge in [-0.1, -0.05) is 0 Å². The summed E-state index contributed by atoms with van der Waals surface area (Å²) in [5, 5.41) is 0.440. The number of rotatable bonds is 8. The zero-order chi connectivity index (χ0) is 34.9. The summed E-state index contributed by atoms with van der Waals surface area (Å²) >= 11 is 1.14. The van der Waals surface area contributed by atoms with Crippen molar-refractivity contribution >= 4 is 22.7 Å². The van der Waals surface area contributed by atoms with E-state index < -0.39 is 22.1 Å². The van der Waals surface area contributed by atoms with Gasteiger partial charge in [0.05, 0.1) is 11.4 Å². The van der Waals surface area contributed by atoms with E-state index >= 15 is 0 Å². The van der Waals surface area contributed by atoms with Crippen LogP contribution >= 0.6 is 22.7 Å². The molecule has 0 aliphatic carbocycles. The fourth-order valence-corrected chi connectivity index (χ4v) is 6.78. The molecule has 0 bridgehead atoms. The van der Waals surface area contributed by atoms with Crippen molar-refractivity contribution in [3.8, 4) is 66.7 Å². The molecule has 6 nitrogen and oxygen atoms in total. The molecule has 0 unspecified atom stereocenters. The second-order valence-corrected chi connectivity index (χ2v) is 12.6. The molecule has 0 fully saturated rings. The van der Waals surface area contributed by atoms with Crippen LogP contribution < -0.4 is 9.47 Å². The van der Waals surface area contributed by atoms with Crippen molar-refractivity contribution in [2.24, 2.45) is 0 Å². The molecule has 7 aromatic rings. The molecule has 0 N–H and O–H groups in total. The smallest absolute Gasteiger partial charge is 0.427 e. The molecule has 4 heterocycles. The van der Waals surface area contributed by atoms with Crippen LogP contribution in [0.2, 0.25) is 0 Å². The van der Waals surface area contributed by atoms with Gasteiger partial charge in [0.15, 0.2) is 0 Å². The van der Waals surface area contributed by atoms with Gasteiger partial charge in [-0.15, -0.1) is 22.7 Å². The Balaban J connectivity index is 1.01. The standard InChI is InChI=1S/C36H20F6N4O2S2/c37-35(38,39)31-29(21-13-17-43-18-14-21)45-33(49-31)23-1-5-25(6-2-23)47-27-9-11-28(12-10-27)48-26-7-3-24(4-8-26)34-46-30(22-15-19-44-20-16-22)32(50-34)36(40,41)42/h1-20H. The van der Waals surface area contributed by atoms with Gasteiger partial charge in [-0.3, -0.25) is 9.97 Å². The molecule has 0 atom stereocenters. The van der Waals surface area contributed by atoms with E-state index in [4.69, 9.17) is 9.47 Å². The highest BCUT2D eigenvalue weighted by Crippen LogP contribution is 2.45. The van der Waals surface area contributed by atoms with Gasteiger partial charge in [0, 0.05) is 47.0 Å². The lowest BCUT2D eigenvalue weighted by Gasteiger charge is -2.09. The molecule has 4 aromatic heterocycles.